The highest BCUT2D eigenvalue weighted by Gasteiger charge is 2.20. The van der Waals surface area contributed by atoms with Crippen molar-refractivity contribution in [3.8, 4) is 11.1 Å². The van der Waals surface area contributed by atoms with Gasteiger partial charge in [-0.15, -0.1) is 0 Å². The van der Waals surface area contributed by atoms with Crippen molar-refractivity contribution in [2.45, 2.75) is 19.8 Å². The Hall–Kier alpha value is -2.07. The van der Waals surface area contributed by atoms with Gasteiger partial charge in [-0.05, 0) is 34.8 Å². The van der Waals surface area contributed by atoms with Crippen molar-refractivity contribution in [1.82, 2.24) is 0 Å². The maximum Gasteiger partial charge on any atom is 0.309 e. The fraction of sp³-hybridized carbons (Fsp3) is 0.211. The number of carbonyl (C=O) groups is 1. The van der Waals surface area contributed by atoms with Crippen LogP contribution in [0, 0.1) is 0 Å². The van der Waals surface area contributed by atoms with Gasteiger partial charge in [0, 0.05) is 24.4 Å². The van der Waals surface area contributed by atoms with Crippen LogP contribution in [0.15, 0.2) is 60.0 Å². The lowest BCUT2D eigenvalue weighted by Gasteiger charge is -2.24. The van der Waals surface area contributed by atoms with Gasteiger partial charge in [0.2, 0.25) is 5.88 Å². The van der Waals surface area contributed by atoms with Crippen LogP contribution in [-0.2, 0) is 16.0 Å². The summed E-state index contributed by atoms with van der Waals surface area (Å²) < 4.78 is 5.37. The average Bonchev–Trinajstić information content (AvgIpc) is 2.55. The Morgan fingerprint density at radius 3 is 2.65 bits per heavy atom. The van der Waals surface area contributed by atoms with E-state index in [9.17, 15) is 4.79 Å². The van der Waals surface area contributed by atoms with E-state index < -0.39 is 0 Å². The second-order valence-electron chi connectivity index (χ2n) is 5.51. The number of alkyl halides is 1. The molecule has 1 aliphatic heterocycles. The summed E-state index contributed by atoms with van der Waals surface area (Å²) in [5.41, 5.74) is 5.64. The molecule has 0 aliphatic carbocycles. The third-order valence-electron chi connectivity index (χ3n) is 3.83. The molecule has 1 N–H and O–H groups in total. The standard InChI is InChI=1S/C19H18BrNO2/c1-13(22)23-19-17(9-10-20)11-16-8-7-15(12-18(16)21-19)14-5-3-2-4-6-14/h2-8,12,21H,9-11H2,1H3. The fourth-order valence-corrected chi connectivity index (χ4v) is 3.21. The number of hydrogen-bond donors (Lipinski definition) is 1. The van der Waals surface area contributed by atoms with Crippen molar-refractivity contribution < 1.29 is 9.53 Å². The number of ether oxygens (including phenoxy) is 1. The predicted molar refractivity (Wildman–Crippen MR) is 96.4 cm³/mol. The highest BCUT2D eigenvalue weighted by atomic mass is 79.9. The molecule has 2 aromatic carbocycles. The maximum absolute atomic E-state index is 11.4. The van der Waals surface area contributed by atoms with Gasteiger partial charge < -0.3 is 10.1 Å². The summed E-state index contributed by atoms with van der Waals surface area (Å²) in [6.45, 7) is 1.43. The van der Waals surface area contributed by atoms with Crippen LogP contribution in [0.4, 0.5) is 5.69 Å². The second-order valence-corrected chi connectivity index (χ2v) is 6.30. The molecule has 0 bridgehead atoms. The van der Waals surface area contributed by atoms with E-state index in [2.05, 4.69) is 51.6 Å². The van der Waals surface area contributed by atoms with Crippen LogP contribution < -0.4 is 5.32 Å². The first-order chi connectivity index (χ1) is 11.2. The van der Waals surface area contributed by atoms with Crippen LogP contribution in [0.3, 0.4) is 0 Å². The smallest absolute Gasteiger partial charge is 0.309 e. The number of allylic oxidation sites excluding steroid dienone is 1. The van der Waals surface area contributed by atoms with Gasteiger partial charge in [-0.3, -0.25) is 4.79 Å². The average molecular weight is 372 g/mol. The highest BCUT2D eigenvalue weighted by Crippen LogP contribution is 2.33. The first kappa shape index (κ1) is 15.8. The van der Waals surface area contributed by atoms with Crippen LogP contribution in [0.2, 0.25) is 0 Å². The Labute approximate surface area is 144 Å². The van der Waals surface area contributed by atoms with Gasteiger partial charge in [0.05, 0.1) is 0 Å². The van der Waals surface area contributed by atoms with Gasteiger partial charge in [0.25, 0.3) is 0 Å². The Morgan fingerprint density at radius 2 is 1.96 bits per heavy atom. The van der Waals surface area contributed by atoms with Gasteiger partial charge in [0.15, 0.2) is 0 Å². The molecular weight excluding hydrogens is 354 g/mol. The topological polar surface area (TPSA) is 38.3 Å². The number of halogens is 1. The molecule has 4 heteroatoms. The minimum atomic E-state index is -0.303. The lowest BCUT2D eigenvalue weighted by Crippen LogP contribution is -2.18. The molecule has 1 aliphatic rings. The van der Waals surface area contributed by atoms with Crippen molar-refractivity contribution in [2.24, 2.45) is 0 Å². The Bertz CT molecular complexity index is 753. The number of hydrogen-bond acceptors (Lipinski definition) is 3. The lowest BCUT2D eigenvalue weighted by molar-refractivity contribution is -0.136. The SMILES string of the molecule is CC(=O)OC1=C(CCBr)Cc2ccc(-c3ccccc3)cc2N1. The van der Waals surface area contributed by atoms with Crippen LogP contribution in [0.1, 0.15) is 18.9 Å². The molecule has 23 heavy (non-hydrogen) atoms. The Balaban J connectivity index is 1.94. The molecule has 0 spiro atoms. The molecule has 0 saturated heterocycles. The van der Waals surface area contributed by atoms with Crippen molar-refractivity contribution in [3.05, 3.63) is 65.6 Å². The minimum absolute atomic E-state index is 0.303. The number of benzene rings is 2. The van der Waals surface area contributed by atoms with Crippen LogP contribution in [-0.4, -0.2) is 11.3 Å². The van der Waals surface area contributed by atoms with E-state index in [4.69, 9.17) is 4.74 Å². The maximum atomic E-state index is 11.4. The summed E-state index contributed by atoms with van der Waals surface area (Å²) in [7, 11) is 0. The van der Waals surface area contributed by atoms with Gasteiger partial charge >= 0.3 is 5.97 Å². The monoisotopic (exact) mass is 371 g/mol. The number of carbonyl (C=O) groups excluding carboxylic acids is 1. The Morgan fingerprint density at radius 1 is 1.17 bits per heavy atom. The van der Waals surface area contributed by atoms with E-state index in [1.54, 1.807) is 0 Å². The van der Waals surface area contributed by atoms with Crippen molar-refractivity contribution in [1.29, 1.82) is 0 Å². The third kappa shape index (κ3) is 3.64. The number of anilines is 1. The summed E-state index contributed by atoms with van der Waals surface area (Å²) in [6, 6.07) is 16.6. The summed E-state index contributed by atoms with van der Waals surface area (Å²) in [5.74, 6) is 0.275. The summed E-state index contributed by atoms with van der Waals surface area (Å²) in [6.07, 6.45) is 1.64. The number of fused-ring (bicyclic) bond motifs is 1. The van der Waals surface area contributed by atoms with E-state index in [-0.39, 0.29) is 5.97 Å². The van der Waals surface area contributed by atoms with E-state index >= 15 is 0 Å². The molecule has 0 atom stereocenters. The van der Waals surface area contributed by atoms with Crippen molar-refractivity contribution in [3.63, 3.8) is 0 Å². The minimum Gasteiger partial charge on any atom is -0.410 e. The largest absolute Gasteiger partial charge is 0.410 e. The zero-order chi connectivity index (χ0) is 16.2. The van der Waals surface area contributed by atoms with E-state index in [1.165, 1.54) is 18.1 Å². The zero-order valence-electron chi connectivity index (χ0n) is 12.9. The molecule has 118 valence electrons. The molecule has 0 radical (unpaired) electrons. The third-order valence-corrected chi connectivity index (χ3v) is 4.23. The first-order valence-electron chi connectivity index (χ1n) is 7.59. The summed E-state index contributed by atoms with van der Waals surface area (Å²) >= 11 is 3.46. The van der Waals surface area contributed by atoms with E-state index in [0.717, 1.165) is 35.0 Å². The van der Waals surface area contributed by atoms with Crippen LogP contribution >= 0.6 is 15.9 Å². The zero-order valence-corrected chi connectivity index (χ0v) is 14.5. The summed E-state index contributed by atoms with van der Waals surface area (Å²) in [4.78, 5) is 11.4. The molecule has 0 aromatic heterocycles. The predicted octanol–water partition coefficient (Wildman–Crippen LogP) is 4.88. The van der Waals surface area contributed by atoms with Gasteiger partial charge in [-0.25, -0.2) is 0 Å². The molecule has 3 rings (SSSR count). The van der Waals surface area contributed by atoms with Crippen LogP contribution in [0.25, 0.3) is 11.1 Å². The quantitative estimate of drug-likeness (QED) is 0.614. The molecule has 0 saturated carbocycles. The van der Waals surface area contributed by atoms with Crippen LogP contribution in [0.5, 0.6) is 0 Å². The van der Waals surface area contributed by atoms with Crippen molar-refractivity contribution >= 4 is 27.6 Å². The van der Waals surface area contributed by atoms with Gasteiger partial charge in [0.1, 0.15) is 0 Å². The molecule has 1 heterocycles. The molecular formula is C19H18BrNO2. The number of rotatable bonds is 4. The van der Waals surface area contributed by atoms with Gasteiger partial charge in [-0.1, -0.05) is 58.4 Å². The summed E-state index contributed by atoms with van der Waals surface area (Å²) in [5, 5.41) is 4.13. The second kappa shape index (κ2) is 7.01. The van der Waals surface area contributed by atoms with Crippen molar-refractivity contribution in [2.75, 3.05) is 10.6 Å². The number of esters is 1. The highest BCUT2D eigenvalue weighted by molar-refractivity contribution is 9.09. The molecule has 0 amide bonds. The molecule has 2 aromatic rings. The van der Waals surface area contributed by atoms with Gasteiger partial charge in [-0.2, -0.15) is 0 Å². The normalized spacial score (nSPS) is 13.3. The molecule has 0 unspecified atom stereocenters. The lowest BCUT2D eigenvalue weighted by atomic mass is 9.95. The fourth-order valence-electron chi connectivity index (χ4n) is 2.74. The Kier molecular flexibility index (Phi) is 4.82. The van der Waals surface area contributed by atoms with E-state index in [0.29, 0.717) is 5.88 Å². The molecule has 0 fully saturated rings. The molecule has 3 nitrogen and oxygen atoms in total. The van der Waals surface area contributed by atoms with E-state index in [1.807, 2.05) is 18.2 Å². The first-order valence-corrected chi connectivity index (χ1v) is 8.71. The number of nitrogens with one attached hydrogen (secondary N) is 1.